The molecule has 0 fully saturated rings. The maximum absolute atomic E-state index is 13.6. The minimum atomic E-state index is -0.417. The maximum atomic E-state index is 13.6. The molecule has 3 aromatic carbocycles. The number of hydrogen-bond acceptors (Lipinski definition) is 4. The van der Waals surface area contributed by atoms with Gasteiger partial charge in [-0.2, -0.15) is 0 Å². The van der Waals surface area contributed by atoms with Crippen LogP contribution in [0.4, 0.5) is 17.1 Å². The minimum absolute atomic E-state index is 0.0427. The van der Waals surface area contributed by atoms with Gasteiger partial charge >= 0.3 is 0 Å². The van der Waals surface area contributed by atoms with Crippen LogP contribution in [-0.2, 0) is 19.8 Å². The van der Waals surface area contributed by atoms with Gasteiger partial charge in [0, 0.05) is 18.3 Å². The summed E-state index contributed by atoms with van der Waals surface area (Å²) in [5.41, 5.74) is 5.13. The lowest BCUT2D eigenvalue weighted by atomic mass is 9.87. The molecule has 6 nitrogen and oxygen atoms in total. The Labute approximate surface area is 205 Å². The van der Waals surface area contributed by atoms with E-state index in [-0.39, 0.29) is 22.9 Å². The van der Waals surface area contributed by atoms with Crippen molar-refractivity contribution >= 4 is 40.4 Å². The molecule has 0 unspecified atom stereocenters. The van der Waals surface area contributed by atoms with Crippen molar-refractivity contribution in [3.8, 4) is 0 Å². The molecule has 35 heavy (non-hydrogen) atoms. The van der Waals surface area contributed by atoms with Crippen LogP contribution in [0.3, 0.4) is 0 Å². The highest BCUT2D eigenvalue weighted by atomic mass is 16.2. The van der Waals surface area contributed by atoms with Gasteiger partial charge in [0.1, 0.15) is 5.70 Å². The van der Waals surface area contributed by atoms with Crippen molar-refractivity contribution in [3.05, 3.63) is 95.2 Å². The number of carbonyl (C=O) groups is 3. The smallest absolute Gasteiger partial charge is 0.282 e. The van der Waals surface area contributed by atoms with Crippen molar-refractivity contribution in [2.75, 3.05) is 15.5 Å². The van der Waals surface area contributed by atoms with Crippen molar-refractivity contribution in [2.45, 2.75) is 40.0 Å². The quantitative estimate of drug-likeness (QED) is 0.476. The molecular formula is C29H29N3O3. The molecule has 0 radical (unpaired) electrons. The van der Waals surface area contributed by atoms with E-state index in [4.69, 9.17) is 0 Å². The lowest BCUT2D eigenvalue weighted by molar-refractivity contribution is -0.120. The molecule has 1 aliphatic heterocycles. The Hall–Kier alpha value is -4.19. The molecule has 6 heteroatoms. The van der Waals surface area contributed by atoms with E-state index in [2.05, 4.69) is 31.4 Å². The minimum Gasteiger partial charge on any atom is -0.350 e. The third-order valence-corrected chi connectivity index (χ3v) is 5.89. The van der Waals surface area contributed by atoms with Crippen molar-refractivity contribution < 1.29 is 14.4 Å². The summed E-state index contributed by atoms with van der Waals surface area (Å²) >= 11 is 0. The second-order valence-corrected chi connectivity index (χ2v) is 9.74. The number of carbonyl (C=O) groups excluding carboxylic acids is 3. The summed E-state index contributed by atoms with van der Waals surface area (Å²) in [4.78, 5) is 39.7. The van der Waals surface area contributed by atoms with Gasteiger partial charge in [-0.25, -0.2) is 4.90 Å². The number of nitrogens with zero attached hydrogens (tertiary/aromatic N) is 1. The summed E-state index contributed by atoms with van der Waals surface area (Å²) in [6.45, 7) is 9.76. The van der Waals surface area contributed by atoms with E-state index in [9.17, 15) is 14.4 Å². The predicted octanol–water partition coefficient (Wildman–Crippen LogP) is 5.65. The first-order valence-corrected chi connectivity index (χ1v) is 11.5. The lowest BCUT2D eigenvalue weighted by Crippen LogP contribution is -2.32. The fourth-order valence-corrected chi connectivity index (χ4v) is 3.96. The highest BCUT2D eigenvalue weighted by Crippen LogP contribution is 2.35. The van der Waals surface area contributed by atoms with Gasteiger partial charge in [0.25, 0.3) is 11.8 Å². The van der Waals surface area contributed by atoms with Crippen LogP contribution in [-0.4, -0.2) is 17.7 Å². The largest absolute Gasteiger partial charge is 0.350 e. The molecule has 0 aliphatic carbocycles. The van der Waals surface area contributed by atoms with Crippen molar-refractivity contribution in [3.63, 3.8) is 0 Å². The summed E-state index contributed by atoms with van der Waals surface area (Å²) < 4.78 is 0. The van der Waals surface area contributed by atoms with Gasteiger partial charge in [-0.3, -0.25) is 14.4 Å². The second kappa shape index (κ2) is 9.22. The first kappa shape index (κ1) is 24.0. The lowest BCUT2D eigenvalue weighted by Gasteiger charge is -2.21. The zero-order valence-electron chi connectivity index (χ0n) is 20.6. The van der Waals surface area contributed by atoms with E-state index in [0.717, 1.165) is 11.1 Å². The summed E-state index contributed by atoms with van der Waals surface area (Å²) in [5, 5.41) is 5.87. The highest BCUT2D eigenvalue weighted by Gasteiger charge is 2.40. The molecule has 0 aromatic heterocycles. The zero-order chi connectivity index (χ0) is 25.3. The summed E-state index contributed by atoms with van der Waals surface area (Å²) in [7, 11) is 0. The van der Waals surface area contributed by atoms with Crippen LogP contribution in [0.1, 0.15) is 44.4 Å². The molecule has 3 aromatic rings. The van der Waals surface area contributed by atoms with Gasteiger partial charge in [0.2, 0.25) is 5.91 Å². The second-order valence-electron chi connectivity index (χ2n) is 9.74. The Kier molecular flexibility index (Phi) is 6.31. The summed E-state index contributed by atoms with van der Waals surface area (Å²) in [6.07, 6.45) is 0. The van der Waals surface area contributed by atoms with Crippen LogP contribution in [0.25, 0.3) is 5.57 Å². The number of rotatable bonds is 5. The van der Waals surface area contributed by atoms with Crippen molar-refractivity contribution in [2.24, 2.45) is 0 Å². The molecule has 0 saturated heterocycles. The van der Waals surface area contributed by atoms with Crippen LogP contribution < -0.4 is 15.5 Å². The Morgan fingerprint density at radius 3 is 1.89 bits per heavy atom. The monoisotopic (exact) mass is 467 g/mol. The number of anilines is 3. The molecule has 3 amide bonds. The van der Waals surface area contributed by atoms with E-state index >= 15 is 0 Å². The van der Waals surface area contributed by atoms with Crippen molar-refractivity contribution in [1.82, 2.24) is 0 Å². The third kappa shape index (κ3) is 5.01. The van der Waals surface area contributed by atoms with Gasteiger partial charge < -0.3 is 10.6 Å². The summed E-state index contributed by atoms with van der Waals surface area (Å²) in [5.74, 6) is -0.959. The average molecular weight is 468 g/mol. The molecule has 1 heterocycles. The number of amides is 3. The van der Waals surface area contributed by atoms with Gasteiger partial charge in [-0.15, -0.1) is 0 Å². The molecule has 0 bridgehead atoms. The number of benzene rings is 3. The topological polar surface area (TPSA) is 78.5 Å². The van der Waals surface area contributed by atoms with E-state index < -0.39 is 5.91 Å². The standard InChI is InChI=1S/C29H29N3O3/c1-18-6-8-20(9-7-18)25-26(31-23-14-12-22(13-15-23)30-19(2)33)28(35)32(27(25)34)24-16-10-21(11-17-24)29(3,4)5/h6-17,31H,1-5H3,(H,30,33). The molecular weight excluding hydrogens is 438 g/mol. The van der Waals surface area contributed by atoms with E-state index in [0.29, 0.717) is 28.2 Å². The van der Waals surface area contributed by atoms with Crippen molar-refractivity contribution in [1.29, 1.82) is 0 Å². The van der Waals surface area contributed by atoms with Crippen LogP contribution in [0.5, 0.6) is 0 Å². The average Bonchev–Trinajstić information content (AvgIpc) is 3.04. The fraction of sp³-hybridized carbons (Fsp3) is 0.207. The molecule has 0 atom stereocenters. The van der Waals surface area contributed by atoms with Crippen LogP contribution in [0.2, 0.25) is 0 Å². The SMILES string of the molecule is CC(=O)Nc1ccc(NC2=C(c3ccc(C)cc3)C(=O)N(c3ccc(C(C)(C)C)cc3)C2=O)cc1. The van der Waals surface area contributed by atoms with Crippen LogP contribution in [0, 0.1) is 6.92 Å². The van der Waals surface area contributed by atoms with Crippen LogP contribution >= 0.6 is 0 Å². The third-order valence-electron chi connectivity index (χ3n) is 5.89. The first-order chi connectivity index (χ1) is 16.5. The fourth-order valence-electron chi connectivity index (χ4n) is 3.96. The Bertz CT molecular complexity index is 1310. The zero-order valence-corrected chi connectivity index (χ0v) is 20.6. The highest BCUT2D eigenvalue weighted by molar-refractivity contribution is 6.46. The Morgan fingerprint density at radius 1 is 0.771 bits per heavy atom. The van der Waals surface area contributed by atoms with Gasteiger partial charge in [0.05, 0.1) is 11.3 Å². The van der Waals surface area contributed by atoms with Gasteiger partial charge in [-0.1, -0.05) is 62.7 Å². The Morgan fingerprint density at radius 2 is 1.34 bits per heavy atom. The predicted molar refractivity (Wildman–Crippen MR) is 140 cm³/mol. The molecule has 0 saturated carbocycles. The molecule has 2 N–H and O–H groups in total. The first-order valence-electron chi connectivity index (χ1n) is 11.5. The van der Waals surface area contributed by atoms with E-state index in [1.54, 1.807) is 24.3 Å². The number of nitrogens with one attached hydrogen (secondary N) is 2. The normalized spacial score (nSPS) is 13.9. The Balaban J connectivity index is 1.72. The number of imide groups is 1. The summed E-state index contributed by atoms with van der Waals surface area (Å²) in [6, 6.07) is 22.0. The number of aryl methyl sites for hydroxylation is 1. The molecule has 0 spiro atoms. The molecule has 4 rings (SSSR count). The molecule has 1 aliphatic rings. The van der Waals surface area contributed by atoms with E-state index in [1.807, 2.05) is 55.5 Å². The van der Waals surface area contributed by atoms with E-state index in [1.165, 1.54) is 11.8 Å². The van der Waals surface area contributed by atoms with Gasteiger partial charge in [-0.05, 0) is 59.9 Å². The maximum Gasteiger partial charge on any atom is 0.282 e. The molecule has 178 valence electrons. The number of hydrogen-bond donors (Lipinski definition) is 2. The van der Waals surface area contributed by atoms with Gasteiger partial charge in [0.15, 0.2) is 0 Å². The van der Waals surface area contributed by atoms with Crippen LogP contribution in [0.15, 0.2) is 78.5 Å².